The molecule has 21 heavy (non-hydrogen) atoms. The summed E-state index contributed by atoms with van der Waals surface area (Å²) < 4.78 is 1.15. The van der Waals surface area contributed by atoms with Crippen molar-refractivity contribution in [1.29, 1.82) is 0 Å². The lowest BCUT2D eigenvalue weighted by Crippen LogP contribution is -2.45. The van der Waals surface area contributed by atoms with E-state index >= 15 is 0 Å². The fourth-order valence-corrected chi connectivity index (χ4v) is 3.66. The van der Waals surface area contributed by atoms with E-state index < -0.39 is 0 Å². The Morgan fingerprint density at radius 1 is 1.24 bits per heavy atom. The van der Waals surface area contributed by atoms with E-state index in [2.05, 4.69) is 69.4 Å². The Bertz CT molecular complexity index is 599. The maximum atomic E-state index is 3.61. The normalized spacial score (nSPS) is 18.5. The Labute approximate surface area is 135 Å². The number of fused-ring (bicyclic) bond motifs is 1. The van der Waals surface area contributed by atoms with Gasteiger partial charge in [-0.3, -0.25) is 4.90 Å². The van der Waals surface area contributed by atoms with Crippen LogP contribution in [0, 0.1) is 5.92 Å². The molecule has 1 aromatic heterocycles. The van der Waals surface area contributed by atoms with Gasteiger partial charge >= 0.3 is 0 Å². The lowest BCUT2D eigenvalue weighted by molar-refractivity contribution is 0.155. The van der Waals surface area contributed by atoms with Crippen LogP contribution in [-0.4, -0.2) is 36.1 Å². The lowest BCUT2D eigenvalue weighted by atomic mass is 9.94. The number of H-pyrrole nitrogens is 1. The number of hydrogen-bond donors (Lipinski definition) is 2. The Balaban J connectivity index is 1.98. The van der Waals surface area contributed by atoms with Crippen LogP contribution in [0.4, 0.5) is 0 Å². The fourth-order valence-electron chi connectivity index (χ4n) is 3.30. The first kappa shape index (κ1) is 15.1. The Morgan fingerprint density at radius 3 is 2.71 bits per heavy atom. The average molecular weight is 350 g/mol. The van der Waals surface area contributed by atoms with E-state index in [1.54, 1.807) is 0 Å². The van der Waals surface area contributed by atoms with Crippen molar-refractivity contribution in [1.82, 2.24) is 15.2 Å². The molecule has 114 valence electrons. The summed E-state index contributed by atoms with van der Waals surface area (Å²) in [6.07, 6.45) is 3.42. The van der Waals surface area contributed by atoms with Gasteiger partial charge in [0, 0.05) is 53.8 Å². The molecule has 0 amide bonds. The zero-order chi connectivity index (χ0) is 14.8. The molecule has 1 atom stereocenters. The third-order valence-electron chi connectivity index (χ3n) is 4.32. The number of nitrogens with one attached hydrogen (secondary N) is 2. The second-order valence-electron chi connectivity index (χ2n) is 6.37. The maximum Gasteiger partial charge on any atom is 0.0458 e. The van der Waals surface area contributed by atoms with Crippen molar-refractivity contribution < 1.29 is 0 Å². The monoisotopic (exact) mass is 349 g/mol. The van der Waals surface area contributed by atoms with Crippen LogP contribution in [-0.2, 0) is 0 Å². The molecule has 1 aliphatic heterocycles. The zero-order valence-corrected chi connectivity index (χ0v) is 14.4. The number of aromatic nitrogens is 1. The highest BCUT2D eigenvalue weighted by atomic mass is 79.9. The molecular weight excluding hydrogens is 326 g/mol. The number of benzene rings is 1. The summed E-state index contributed by atoms with van der Waals surface area (Å²) in [6, 6.07) is 7.02. The van der Waals surface area contributed by atoms with E-state index in [9.17, 15) is 0 Å². The number of aromatic amines is 1. The molecule has 3 nitrogen and oxygen atoms in total. The zero-order valence-electron chi connectivity index (χ0n) is 12.8. The molecule has 2 heterocycles. The summed E-state index contributed by atoms with van der Waals surface area (Å²) in [5.74, 6) is 0.696. The highest BCUT2D eigenvalue weighted by Gasteiger charge is 2.25. The van der Waals surface area contributed by atoms with Crippen molar-refractivity contribution in [2.45, 2.75) is 26.3 Å². The number of rotatable bonds is 4. The molecule has 3 rings (SSSR count). The van der Waals surface area contributed by atoms with Gasteiger partial charge in [-0.25, -0.2) is 0 Å². The van der Waals surface area contributed by atoms with Gasteiger partial charge in [0.2, 0.25) is 0 Å². The Hall–Kier alpha value is -0.840. The van der Waals surface area contributed by atoms with E-state index in [-0.39, 0.29) is 0 Å². The number of hydrogen-bond acceptors (Lipinski definition) is 2. The van der Waals surface area contributed by atoms with Crippen LogP contribution < -0.4 is 5.32 Å². The minimum Gasteiger partial charge on any atom is -0.361 e. The summed E-state index contributed by atoms with van der Waals surface area (Å²) >= 11 is 3.61. The van der Waals surface area contributed by atoms with Gasteiger partial charge < -0.3 is 10.3 Å². The SMILES string of the molecule is CC(C)C[C@H](c1c[nH]c2ccc(Br)cc12)N1CCNCC1. The van der Waals surface area contributed by atoms with Crippen LogP contribution in [0.25, 0.3) is 10.9 Å². The lowest BCUT2D eigenvalue weighted by Gasteiger charge is -2.36. The first-order valence-electron chi connectivity index (χ1n) is 7.86. The number of halogens is 1. The second kappa shape index (κ2) is 6.51. The van der Waals surface area contributed by atoms with Gasteiger partial charge in [-0.2, -0.15) is 0 Å². The molecule has 0 saturated carbocycles. The Kier molecular flexibility index (Phi) is 4.67. The maximum absolute atomic E-state index is 3.61. The van der Waals surface area contributed by atoms with Gasteiger partial charge in [0.15, 0.2) is 0 Å². The molecule has 0 bridgehead atoms. The van der Waals surface area contributed by atoms with Crippen LogP contribution >= 0.6 is 15.9 Å². The van der Waals surface area contributed by atoms with E-state index in [0.29, 0.717) is 12.0 Å². The third kappa shape index (κ3) is 3.33. The first-order chi connectivity index (χ1) is 10.1. The highest BCUT2D eigenvalue weighted by molar-refractivity contribution is 9.10. The average Bonchev–Trinajstić information content (AvgIpc) is 2.88. The molecule has 1 fully saturated rings. The highest BCUT2D eigenvalue weighted by Crippen LogP contribution is 2.34. The van der Waals surface area contributed by atoms with Gasteiger partial charge in [0.1, 0.15) is 0 Å². The molecule has 1 saturated heterocycles. The molecule has 1 aromatic carbocycles. The Morgan fingerprint density at radius 2 is 2.00 bits per heavy atom. The summed E-state index contributed by atoms with van der Waals surface area (Å²) in [4.78, 5) is 6.08. The smallest absolute Gasteiger partial charge is 0.0458 e. The van der Waals surface area contributed by atoms with E-state index in [1.807, 2.05) is 0 Å². The van der Waals surface area contributed by atoms with Crippen molar-refractivity contribution in [3.8, 4) is 0 Å². The van der Waals surface area contributed by atoms with Crippen LogP contribution in [0.2, 0.25) is 0 Å². The predicted molar refractivity (Wildman–Crippen MR) is 92.6 cm³/mol. The van der Waals surface area contributed by atoms with Crippen molar-refractivity contribution in [3.63, 3.8) is 0 Å². The first-order valence-corrected chi connectivity index (χ1v) is 8.65. The van der Waals surface area contributed by atoms with Crippen molar-refractivity contribution in [2.24, 2.45) is 5.92 Å². The van der Waals surface area contributed by atoms with Crippen molar-refractivity contribution in [2.75, 3.05) is 26.2 Å². The summed E-state index contributed by atoms with van der Waals surface area (Å²) in [5, 5.41) is 4.81. The molecular formula is C17H24BrN3. The molecule has 2 aromatic rings. The minimum atomic E-state index is 0.509. The summed E-state index contributed by atoms with van der Waals surface area (Å²) in [6.45, 7) is 9.11. The molecule has 0 radical (unpaired) electrons. The topological polar surface area (TPSA) is 31.1 Å². The van der Waals surface area contributed by atoms with E-state index in [0.717, 1.165) is 30.7 Å². The van der Waals surface area contributed by atoms with E-state index in [4.69, 9.17) is 0 Å². The largest absolute Gasteiger partial charge is 0.361 e. The van der Waals surface area contributed by atoms with Crippen molar-refractivity contribution in [3.05, 3.63) is 34.4 Å². The molecule has 0 unspecified atom stereocenters. The molecule has 2 N–H and O–H groups in total. The minimum absolute atomic E-state index is 0.509. The van der Waals surface area contributed by atoms with Gasteiger partial charge in [0.25, 0.3) is 0 Å². The third-order valence-corrected chi connectivity index (χ3v) is 4.82. The van der Waals surface area contributed by atoms with E-state index in [1.165, 1.54) is 22.9 Å². The summed E-state index contributed by atoms with van der Waals surface area (Å²) in [7, 11) is 0. The molecule has 4 heteroatoms. The van der Waals surface area contributed by atoms with Crippen LogP contribution in [0.5, 0.6) is 0 Å². The molecule has 0 spiro atoms. The fraction of sp³-hybridized carbons (Fsp3) is 0.529. The van der Waals surface area contributed by atoms with Gasteiger partial charge in [0.05, 0.1) is 0 Å². The van der Waals surface area contributed by atoms with Gasteiger partial charge in [-0.15, -0.1) is 0 Å². The second-order valence-corrected chi connectivity index (χ2v) is 7.28. The predicted octanol–water partition coefficient (Wildman–Crippen LogP) is 3.92. The molecule has 1 aliphatic rings. The van der Waals surface area contributed by atoms with Crippen LogP contribution in [0.1, 0.15) is 31.9 Å². The number of piperazine rings is 1. The van der Waals surface area contributed by atoms with Crippen LogP contribution in [0.3, 0.4) is 0 Å². The standard InChI is InChI=1S/C17H24BrN3/c1-12(2)9-17(21-7-5-19-6-8-21)15-11-20-16-4-3-13(18)10-14(15)16/h3-4,10-12,17,19-20H,5-9H2,1-2H3/t17-/m1/s1. The van der Waals surface area contributed by atoms with Crippen LogP contribution in [0.15, 0.2) is 28.9 Å². The van der Waals surface area contributed by atoms with Gasteiger partial charge in [-0.05, 0) is 36.1 Å². The van der Waals surface area contributed by atoms with Crippen molar-refractivity contribution >= 4 is 26.8 Å². The molecule has 0 aliphatic carbocycles. The number of nitrogens with zero attached hydrogens (tertiary/aromatic N) is 1. The summed E-state index contributed by atoms with van der Waals surface area (Å²) in [5.41, 5.74) is 2.68. The van der Waals surface area contributed by atoms with Gasteiger partial charge in [-0.1, -0.05) is 29.8 Å². The quantitative estimate of drug-likeness (QED) is 0.876.